The van der Waals surface area contributed by atoms with Crippen molar-refractivity contribution in [1.29, 1.82) is 0 Å². The third-order valence-corrected chi connectivity index (χ3v) is 7.96. The topological polar surface area (TPSA) is 117 Å². The second kappa shape index (κ2) is 31.1. The zero-order valence-electron chi connectivity index (χ0n) is 27.4. The maximum Gasteiger partial charge on any atom is 0.505 e. The van der Waals surface area contributed by atoms with Crippen LogP contribution >= 0.6 is 0 Å². The van der Waals surface area contributed by atoms with Crippen LogP contribution in [0.1, 0.15) is 162 Å². The molecule has 0 saturated heterocycles. The fourth-order valence-electron chi connectivity index (χ4n) is 5.41. The van der Waals surface area contributed by atoms with E-state index in [2.05, 4.69) is 23.5 Å². The smallest absolute Gasteiger partial charge is 0.462 e. The van der Waals surface area contributed by atoms with Gasteiger partial charge in [-0.05, 0) is 64.3 Å². The SMILES string of the molecule is CCCCCCCCC(CCCCCCCC)OC(=O)CCCCCCCN(CCO)CC(O)CCCCOC(=O)O. The van der Waals surface area contributed by atoms with Crippen molar-refractivity contribution in [3.8, 4) is 0 Å². The third-order valence-electron chi connectivity index (χ3n) is 7.96. The minimum atomic E-state index is -1.27. The number of carboxylic acid groups (broad SMARTS) is 1. The molecular formula is C34H67NO7. The second-order valence-electron chi connectivity index (χ2n) is 12.0. The van der Waals surface area contributed by atoms with Gasteiger partial charge in [-0.1, -0.05) is 97.3 Å². The zero-order chi connectivity index (χ0) is 31.1. The summed E-state index contributed by atoms with van der Waals surface area (Å²) in [6, 6.07) is 0. The van der Waals surface area contributed by atoms with Crippen molar-refractivity contribution in [2.24, 2.45) is 0 Å². The summed E-state index contributed by atoms with van der Waals surface area (Å²) in [6.45, 7) is 6.55. The molecule has 0 bridgehead atoms. The van der Waals surface area contributed by atoms with Gasteiger partial charge in [0.15, 0.2) is 0 Å². The lowest BCUT2D eigenvalue weighted by Crippen LogP contribution is -2.35. The normalized spacial score (nSPS) is 12.2. The summed E-state index contributed by atoms with van der Waals surface area (Å²) in [6.07, 6.45) is 22.8. The summed E-state index contributed by atoms with van der Waals surface area (Å²) in [5.74, 6) is -0.0328. The van der Waals surface area contributed by atoms with Crippen LogP contribution in [-0.4, -0.2) is 77.4 Å². The molecule has 0 aliphatic heterocycles. The first kappa shape index (κ1) is 40.6. The van der Waals surface area contributed by atoms with Crippen LogP contribution in [0.4, 0.5) is 4.79 Å². The summed E-state index contributed by atoms with van der Waals surface area (Å²) in [7, 11) is 0. The Morgan fingerprint density at radius 1 is 0.667 bits per heavy atom. The Morgan fingerprint density at radius 3 is 1.76 bits per heavy atom. The molecule has 0 aromatic heterocycles. The fourth-order valence-corrected chi connectivity index (χ4v) is 5.41. The van der Waals surface area contributed by atoms with Crippen LogP contribution in [0.25, 0.3) is 0 Å². The van der Waals surface area contributed by atoms with Gasteiger partial charge >= 0.3 is 12.1 Å². The number of aliphatic hydroxyl groups excluding tert-OH is 2. The van der Waals surface area contributed by atoms with Crippen molar-refractivity contribution in [3.05, 3.63) is 0 Å². The van der Waals surface area contributed by atoms with E-state index in [1.807, 2.05) is 0 Å². The number of unbranched alkanes of at least 4 members (excludes halogenated alkanes) is 15. The average Bonchev–Trinajstić information content (AvgIpc) is 2.95. The molecule has 8 nitrogen and oxygen atoms in total. The molecule has 0 fully saturated rings. The van der Waals surface area contributed by atoms with Crippen molar-refractivity contribution >= 4 is 12.1 Å². The van der Waals surface area contributed by atoms with Gasteiger partial charge in [0.2, 0.25) is 0 Å². The highest BCUT2D eigenvalue weighted by Crippen LogP contribution is 2.18. The highest BCUT2D eigenvalue weighted by Gasteiger charge is 2.15. The Hall–Kier alpha value is -1.38. The lowest BCUT2D eigenvalue weighted by Gasteiger charge is -2.24. The Morgan fingerprint density at radius 2 is 1.19 bits per heavy atom. The molecule has 0 saturated carbocycles. The van der Waals surface area contributed by atoms with Gasteiger partial charge in [0, 0.05) is 19.5 Å². The lowest BCUT2D eigenvalue weighted by atomic mass is 10.0. The van der Waals surface area contributed by atoms with Crippen molar-refractivity contribution in [3.63, 3.8) is 0 Å². The van der Waals surface area contributed by atoms with Crippen LogP contribution in [0.2, 0.25) is 0 Å². The first-order valence-corrected chi connectivity index (χ1v) is 17.5. The molecule has 0 rings (SSSR count). The van der Waals surface area contributed by atoms with Gasteiger partial charge in [-0.2, -0.15) is 0 Å². The first-order chi connectivity index (χ1) is 20.4. The minimum Gasteiger partial charge on any atom is -0.462 e. The van der Waals surface area contributed by atoms with E-state index in [0.29, 0.717) is 38.8 Å². The van der Waals surface area contributed by atoms with E-state index in [0.717, 1.165) is 64.3 Å². The van der Waals surface area contributed by atoms with Crippen LogP contribution in [-0.2, 0) is 14.3 Å². The molecule has 0 aromatic carbocycles. The number of rotatable bonds is 32. The highest BCUT2D eigenvalue weighted by molar-refractivity contribution is 5.69. The molecule has 3 N–H and O–H groups in total. The maximum atomic E-state index is 12.6. The molecular weight excluding hydrogens is 534 g/mol. The molecule has 0 radical (unpaired) electrons. The summed E-state index contributed by atoms with van der Waals surface area (Å²) in [5.41, 5.74) is 0. The molecule has 0 aliphatic rings. The Kier molecular flexibility index (Phi) is 30.0. The van der Waals surface area contributed by atoms with Crippen LogP contribution in [0, 0.1) is 0 Å². The van der Waals surface area contributed by atoms with Gasteiger partial charge < -0.3 is 24.8 Å². The largest absolute Gasteiger partial charge is 0.505 e. The highest BCUT2D eigenvalue weighted by atomic mass is 16.7. The summed E-state index contributed by atoms with van der Waals surface area (Å²) in [4.78, 5) is 25.0. The number of nitrogens with zero attached hydrogens (tertiary/aromatic N) is 1. The van der Waals surface area contributed by atoms with E-state index in [9.17, 15) is 19.8 Å². The molecule has 0 heterocycles. The maximum absolute atomic E-state index is 12.6. The first-order valence-electron chi connectivity index (χ1n) is 17.5. The minimum absolute atomic E-state index is 0.0328. The number of esters is 1. The molecule has 42 heavy (non-hydrogen) atoms. The van der Waals surface area contributed by atoms with E-state index >= 15 is 0 Å². The molecule has 0 aromatic rings. The predicted octanol–water partition coefficient (Wildman–Crippen LogP) is 8.26. The number of carbonyl (C=O) groups is 2. The van der Waals surface area contributed by atoms with Gasteiger partial charge in [0.25, 0.3) is 0 Å². The molecule has 250 valence electrons. The van der Waals surface area contributed by atoms with Crippen LogP contribution in [0.3, 0.4) is 0 Å². The number of carbonyl (C=O) groups excluding carboxylic acids is 1. The zero-order valence-corrected chi connectivity index (χ0v) is 27.4. The number of hydrogen-bond acceptors (Lipinski definition) is 7. The van der Waals surface area contributed by atoms with Gasteiger partial charge in [-0.15, -0.1) is 0 Å². The number of hydrogen-bond donors (Lipinski definition) is 3. The van der Waals surface area contributed by atoms with Gasteiger partial charge in [-0.3, -0.25) is 9.69 Å². The van der Waals surface area contributed by atoms with E-state index in [1.165, 1.54) is 64.2 Å². The summed E-state index contributed by atoms with van der Waals surface area (Å²) < 4.78 is 10.4. The number of aliphatic hydroxyl groups is 2. The average molecular weight is 602 g/mol. The van der Waals surface area contributed by atoms with E-state index in [-0.39, 0.29) is 25.3 Å². The van der Waals surface area contributed by atoms with Crippen molar-refractivity contribution in [2.75, 3.05) is 32.8 Å². The van der Waals surface area contributed by atoms with Crippen molar-refractivity contribution in [1.82, 2.24) is 4.90 Å². The molecule has 0 amide bonds. The van der Waals surface area contributed by atoms with Gasteiger partial charge in [-0.25, -0.2) is 4.79 Å². The van der Waals surface area contributed by atoms with Crippen LogP contribution < -0.4 is 0 Å². The Bertz CT molecular complexity index is 588. The number of ether oxygens (including phenoxy) is 2. The molecule has 0 aliphatic carbocycles. The van der Waals surface area contributed by atoms with E-state index < -0.39 is 12.3 Å². The quantitative estimate of drug-likeness (QED) is 0.0521. The molecule has 8 heteroatoms. The third kappa shape index (κ3) is 28.7. The van der Waals surface area contributed by atoms with Crippen LogP contribution in [0.5, 0.6) is 0 Å². The standard InChI is InChI=1S/C34H67NO7/c1-3-5-7-9-12-16-23-32(24-17-13-10-8-6-4-2)42-33(38)25-18-14-11-15-20-26-35(27-28-36)30-31(37)22-19-21-29-41-34(39)40/h31-32,36-37H,3-30H2,1-2H3,(H,39,40). The van der Waals surface area contributed by atoms with Crippen molar-refractivity contribution < 1.29 is 34.4 Å². The Labute approximate surface area is 257 Å². The fraction of sp³-hybridized carbons (Fsp3) is 0.941. The molecule has 1 unspecified atom stereocenters. The second-order valence-corrected chi connectivity index (χ2v) is 12.0. The summed E-state index contributed by atoms with van der Waals surface area (Å²) >= 11 is 0. The molecule has 0 spiro atoms. The van der Waals surface area contributed by atoms with Gasteiger partial charge in [0.05, 0.1) is 19.3 Å². The monoisotopic (exact) mass is 601 g/mol. The van der Waals surface area contributed by atoms with E-state index in [4.69, 9.17) is 9.84 Å². The lowest BCUT2D eigenvalue weighted by molar-refractivity contribution is -0.150. The predicted molar refractivity (Wildman–Crippen MR) is 171 cm³/mol. The van der Waals surface area contributed by atoms with Gasteiger partial charge in [0.1, 0.15) is 6.10 Å². The molecule has 1 atom stereocenters. The van der Waals surface area contributed by atoms with Crippen LogP contribution in [0.15, 0.2) is 0 Å². The Balaban J connectivity index is 4.13. The van der Waals surface area contributed by atoms with E-state index in [1.54, 1.807) is 0 Å². The van der Waals surface area contributed by atoms with Crippen molar-refractivity contribution in [2.45, 2.75) is 174 Å². The summed E-state index contributed by atoms with van der Waals surface area (Å²) in [5, 5.41) is 28.2.